The Hall–Kier alpha value is -3.83. The SMILES string of the molecule is CCOC(=O)N1CCN(Cc2ccc(CN3C(=O)COc4ccc(C=C5SC(=O)NC5=O)cc43)cc2)CC1. The molecule has 4 amide bonds. The normalized spacial score (nSPS) is 18.9. The van der Waals surface area contributed by atoms with E-state index in [0.29, 0.717) is 48.1 Å². The van der Waals surface area contributed by atoms with Crippen LogP contribution in [0.3, 0.4) is 0 Å². The van der Waals surface area contributed by atoms with Gasteiger partial charge < -0.3 is 19.3 Å². The molecule has 0 radical (unpaired) electrons. The lowest BCUT2D eigenvalue weighted by Crippen LogP contribution is -2.48. The maximum atomic E-state index is 12.8. The van der Waals surface area contributed by atoms with Crippen molar-refractivity contribution < 1.29 is 28.7 Å². The van der Waals surface area contributed by atoms with E-state index in [2.05, 4.69) is 22.3 Å². The number of rotatable bonds is 6. The number of piperazine rings is 1. The molecular formula is C27H28N4O6S. The maximum absolute atomic E-state index is 12.8. The molecule has 3 heterocycles. The van der Waals surface area contributed by atoms with E-state index in [1.165, 1.54) is 0 Å². The van der Waals surface area contributed by atoms with Gasteiger partial charge in [-0.15, -0.1) is 0 Å². The van der Waals surface area contributed by atoms with Gasteiger partial charge in [-0.25, -0.2) is 4.79 Å². The first kappa shape index (κ1) is 25.8. The number of nitrogens with one attached hydrogen (secondary N) is 1. The molecule has 3 aliphatic heterocycles. The molecule has 0 spiro atoms. The highest BCUT2D eigenvalue weighted by Crippen LogP contribution is 2.35. The smallest absolute Gasteiger partial charge is 0.409 e. The summed E-state index contributed by atoms with van der Waals surface area (Å²) in [5.74, 6) is 0.00168. The van der Waals surface area contributed by atoms with Gasteiger partial charge in [-0.2, -0.15) is 0 Å². The highest BCUT2D eigenvalue weighted by molar-refractivity contribution is 8.18. The maximum Gasteiger partial charge on any atom is 0.409 e. The largest absolute Gasteiger partial charge is 0.482 e. The second kappa shape index (κ2) is 11.3. The van der Waals surface area contributed by atoms with Gasteiger partial charge in [-0.3, -0.25) is 24.6 Å². The van der Waals surface area contributed by atoms with Gasteiger partial charge in [0.05, 0.1) is 23.7 Å². The van der Waals surface area contributed by atoms with E-state index in [9.17, 15) is 19.2 Å². The molecular weight excluding hydrogens is 508 g/mol. The van der Waals surface area contributed by atoms with Crippen molar-refractivity contribution in [2.24, 2.45) is 0 Å². The molecule has 2 saturated heterocycles. The first-order valence-corrected chi connectivity index (χ1v) is 13.2. The minimum Gasteiger partial charge on any atom is -0.482 e. The van der Waals surface area contributed by atoms with Crippen LogP contribution in [-0.2, 0) is 27.4 Å². The van der Waals surface area contributed by atoms with Crippen molar-refractivity contribution in [2.75, 3.05) is 44.3 Å². The topological polar surface area (TPSA) is 108 Å². The van der Waals surface area contributed by atoms with Gasteiger partial charge in [-0.1, -0.05) is 30.3 Å². The summed E-state index contributed by atoms with van der Waals surface area (Å²) in [6.07, 6.45) is 1.38. The fraction of sp³-hybridized carbons (Fsp3) is 0.333. The molecule has 0 aliphatic carbocycles. The average Bonchev–Trinajstić information content (AvgIpc) is 3.23. The number of carbonyl (C=O) groups is 4. The highest BCUT2D eigenvalue weighted by Gasteiger charge is 2.28. The summed E-state index contributed by atoms with van der Waals surface area (Å²) in [5.41, 5.74) is 3.44. The molecule has 2 fully saturated rings. The third-order valence-corrected chi connectivity index (χ3v) is 7.34. The van der Waals surface area contributed by atoms with Crippen molar-refractivity contribution in [1.29, 1.82) is 0 Å². The summed E-state index contributed by atoms with van der Waals surface area (Å²) in [7, 11) is 0. The molecule has 11 heteroatoms. The van der Waals surface area contributed by atoms with Crippen LogP contribution in [0.15, 0.2) is 47.4 Å². The monoisotopic (exact) mass is 536 g/mol. The molecule has 0 aromatic heterocycles. The number of nitrogens with zero attached hydrogens (tertiary/aromatic N) is 3. The van der Waals surface area contributed by atoms with E-state index in [4.69, 9.17) is 9.47 Å². The lowest BCUT2D eigenvalue weighted by molar-refractivity contribution is -0.121. The Bertz CT molecular complexity index is 1290. The zero-order valence-electron chi connectivity index (χ0n) is 21.0. The van der Waals surface area contributed by atoms with Gasteiger partial charge in [0.1, 0.15) is 5.75 Å². The molecule has 2 aromatic rings. The number of imide groups is 1. The number of anilines is 1. The fourth-order valence-corrected chi connectivity index (χ4v) is 5.23. The Morgan fingerprint density at radius 1 is 1.03 bits per heavy atom. The summed E-state index contributed by atoms with van der Waals surface area (Å²) in [5, 5.41) is 1.84. The van der Waals surface area contributed by atoms with E-state index in [0.717, 1.165) is 42.5 Å². The molecule has 10 nitrogen and oxygen atoms in total. The number of carbonyl (C=O) groups excluding carboxylic acids is 4. The molecule has 0 atom stereocenters. The van der Waals surface area contributed by atoms with Crippen molar-refractivity contribution in [3.05, 3.63) is 64.1 Å². The van der Waals surface area contributed by atoms with Crippen LogP contribution in [0.1, 0.15) is 23.6 Å². The first-order valence-electron chi connectivity index (χ1n) is 12.4. The fourth-order valence-electron chi connectivity index (χ4n) is 4.55. The molecule has 198 valence electrons. The van der Waals surface area contributed by atoms with E-state index in [1.54, 1.807) is 34.1 Å². The quantitative estimate of drug-likeness (QED) is 0.561. The Morgan fingerprint density at radius 2 is 1.74 bits per heavy atom. The third kappa shape index (κ3) is 5.84. The van der Waals surface area contributed by atoms with Gasteiger partial charge >= 0.3 is 6.09 Å². The zero-order chi connectivity index (χ0) is 26.6. The molecule has 1 N–H and O–H groups in total. The highest BCUT2D eigenvalue weighted by atomic mass is 32.2. The van der Waals surface area contributed by atoms with Crippen molar-refractivity contribution >= 4 is 46.7 Å². The Labute approximate surface area is 224 Å². The number of benzene rings is 2. The number of hydrogen-bond donors (Lipinski definition) is 1. The lowest BCUT2D eigenvalue weighted by Gasteiger charge is -2.34. The molecule has 38 heavy (non-hydrogen) atoms. The van der Waals surface area contributed by atoms with Gasteiger partial charge in [0.25, 0.3) is 17.1 Å². The molecule has 0 unspecified atom stereocenters. The number of fused-ring (bicyclic) bond motifs is 1. The van der Waals surface area contributed by atoms with E-state index in [1.807, 2.05) is 19.1 Å². The van der Waals surface area contributed by atoms with Crippen LogP contribution < -0.4 is 15.0 Å². The number of hydrogen-bond acceptors (Lipinski definition) is 8. The Kier molecular flexibility index (Phi) is 7.66. The van der Waals surface area contributed by atoms with Crippen LogP contribution in [0.2, 0.25) is 0 Å². The third-order valence-electron chi connectivity index (χ3n) is 6.53. The van der Waals surface area contributed by atoms with Gasteiger partial charge in [-0.05, 0) is 53.6 Å². The standard InChI is InChI=1S/C27H28N4O6S/c1-2-36-27(35)30-11-9-29(10-12-30)15-18-3-5-19(6-4-18)16-31-21-13-20(7-8-22(21)37-17-24(31)32)14-23-25(33)28-26(34)38-23/h3-8,13-14H,2,9-12,15-17H2,1H3,(H,28,33,34). The Balaban J connectivity index is 1.24. The van der Waals surface area contributed by atoms with Crippen LogP contribution >= 0.6 is 11.8 Å². The molecule has 0 bridgehead atoms. The van der Waals surface area contributed by atoms with Crippen LogP contribution in [0.25, 0.3) is 6.08 Å². The lowest BCUT2D eigenvalue weighted by atomic mass is 10.1. The predicted octanol–water partition coefficient (Wildman–Crippen LogP) is 3.21. The zero-order valence-corrected chi connectivity index (χ0v) is 21.8. The summed E-state index contributed by atoms with van der Waals surface area (Å²) in [6, 6.07) is 13.5. The minimum absolute atomic E-state index is 0.0456. The molecule has 3 aliphatic rings. The second-order valence-corrected chi connectivity index (χ2v) is 10.1. The van der Waals surface area contributed by atoms with Crippen molar-refractivity contribution in [1.82, 2.24) is 15.1 Å². The van der Waals surface area contributed by atoms with Crippen molar-refractivity contribution in [2.45, 2.75) is 20.0 Å². The summed E-state index contributed by atoms with van der Waals surface area (Å²) in [4.78, 5) is 54.1. The summed E-state index contributed by atoms with van der Waals surface area (Å²) < 4.78 is 10.7. The average molecular weight is 537 g/mol. The Morgan fingerprint density at radius 3 is 2.39 bits per heavy atom. The summed E-state index contributed by atoms with van der Waals surface area (Å²) in [6.45, 7) is 6.16. The second-order valence-electron chi connectivity index (χ2n) is 9.13. The van der Waals surface area contributed by atoms with Crippen LogP contribution in [-0.4, -0.2) is 72.3 Å². The first-order chi connectivity index (χ1) is 18.4. The van der Waals surface area contributed by atoms with Crippen LogP contribution in [0.4, 0.5) is 15.3 Å². The van der Waals surface area contributed by atoms with E-state index >= 15 is 0 Å². The summed E-state index contributed by atoms with van der Waals surface area (Å²) >= 11 is 0.850. The molecule has 5 rings (SSSR count). The predicted molar refractivity (Wildman–Crippen MR) is 143 cm³/mol. The number of thioether (sulfide) groups is 1. The van der Waals surface area contributed by atoms with Crippen LogP contribution in [0.5, 0.6) is 5.75 Å². The van der Waals surface area contributed by atoms with E-state index in [-0.39, 0.29) is 18.6 Å². The molecule has 2 aromatic carbocycles. The van der Waals surface area contributed by atoms with Crippen LogP contribution in [0, 0.1) is 0 Å². The van der Waals surface area contributed by atoms with E-state index < -0.39 is 11.1 Å². The number of amides is 4. The number of ether oxygens (including phenoxy) is 2. The van der Waals surface area contributed by atoms with Crippen molar-refractivity contribution in [3.8, 4) is 5.75 Å². The van der Waals surface area contributed by atoms with Gasteiger partial charge in [0.15, 0.2) is 6.61 Å². The minimum atomic E-state index is -0.428. The van der Waals surface area contributed by atoms with Gasteiger partial charge in [0, 0.05) is 32.7 Å². The van der Waals surface area contributed by atoms with Gasteiger partial charge in [0.2, 0.25) is 0 Å². The van der Waals surface area contributed by atoms with Crippen molar-refractivity contribution in [3.63, 3.8) is 0 Å². The molecule has 0 saturated carbocycles.